The van der Waals surface area contributed by atoms with Gasteiger partial charge >= 0.3 is 11.9 Å². The summed E-state index contributed by atoms with van der Waals surface area (Å²) < 4.78 is 0. The van der Waals surface area contributed by atoms with E-state index in [1.54, 1.807) is 0 Å². The first kappa shape index (κ1) is 12.5. The number of carbonyl (C=O) groups is 2. The van der Waals surface area contributed by atoms with Crippen molar-refractivity contribution in [2.24, 2.45) is 0 Å². The lowest BCUT2D eigenvalue weighted by molar-refractivity contribution is -0.152. The zero-order chi connectivity index (χ0) is 9.44. The van der Waals surface area contributed by atoms with Crippen LogP contribution in [0.1, 0.15) is 6.42 Å². The molecular weight excluding hydrogens is 156 g/mol. The third-order valence-electron chi connectivity index (χ3n) is 0.653. The van der Waals surface area contributed by atoms with Crippen LogP contribution in [0.4, 0.5) is 0 Å². The number of aliphatic hydroxyl groups is 2. The number of hydrogen-bond acceptors (Lipinski definition) is 4. The van der Waals surface area contributed by atoms with Gasteiger partial charge in [0.1, 0.15) is 0 Å². The van der Waals surface area contributed by atoms with E-state index in [0.29, 0.717) is 0 Å². The SMILES string of the molecule is CO.O=C(O)C[C@H](O)C(=O)O. The van der Waals surface area contributed by atoms with Crippen LogP contribution in [0.2, 0.25) is 0 Å². The van der Waals surface area contributed by atoms with Gasteiger partial charge in [0.05, 0.1) is 6.42 Å². The Balaban J connectivity index is 0. The maximum Gasteiger partial charge on any atom is 0.333 e. The molecule has 0 radical (unpaired) electrons. The van der Waals surface area contributed by atoms with Gasteiger partial charge in [0.15, 0.2) is 6.10 Å². The van der Waals surface area contributed by atoms with Crippen molar-refractivity contribution in [2.75, 3.05) is 7.11 Å². The van der Waals surface area contributed by atoms with Crippen molar-refractivity contribution in [3.63, 3.8) is 0 Å². The minimum absolute atomic E-state index is 0.755. The van der Waals surface area contributed by atoms with E-state index in [1.165, 1.54) is 0 Å². The van der Waals surface area contributed by atoms with E-state index < -0.39 is 24.5 Å². The molecule has 0 heterocycles. The van der Waals surface area contributed by atoms with Crippen molar-refractivity contribution in [1.29, 1.82) is 0 Å². The van der Waals surface area contributed by atoms with E-state index in [9.17, 15) is 9.59 Å². The van der Waals surface area contributed by atoms with Gasteiger partial charge in [0.25, 0.3) is 0 Å². The highest BCUT2D eigenvalue weighted by molar-refractivity contribution is 5.79. The number of carboxylic acid groups (broad SMARTS) is 2. The molecule has 66 valence electrons. The molecule has 1 atom stereocenters. The third-order valence-corrected chi connectivity index (χ3v) is 0.653. The molecule has 6 heteroatoms. The standard InChI is InChI=1S/C4H6O5.CH4O/c5-2(4(8)9)1-3(6)7;1-2/h2,5H,1H2,(H,6,7)(H,8,9);2H,1H3/t2-;/m0./s1. The summed E-state index contributed by atoms with van der Waals surface area (Å²) in [6.45, 7) is 0. The highest BCUT2D eigenvalue weighted by atomic mass is 16.4. The Hall–Kier alpha value is -1.14. The van der Waals surface area contributed by atoms with Gasteiger partial charge in [0.2, 0.25) is 0 Å². The van der Waals surface area contributed by atoms with Crippen LogP contribution in [-0.2, 0) is 9.59 Å². The fourth-order valence-electron chi connectivity index (χ4n) is 0.253. The summed E-state index contributed by atoms with van der Waals surface area (Å²) in [4.78, 5) is 19.4. The first-order valence-corrected chi connectivity index (χ1v) is 2.61. The largest absolute Gasteiger partial charge is 0.481 e. The van der Waals surface area contributed by atoms with E-state index in [-0.39, 0.29) is 0 Å². The predicted molar refractivity (Wildman–Crippen MR) is 34.0 cm³/mol. The maximum absolute atomic E-state index is 9.72. The molecule has 0 rings (SSSR count). The van der Waals surface area contributed by atoms with Crippen molar-refractivity contribution in [2.45, 2.75) is 12.5 Å². The van der Waals surface area contributed by atoms with Crippen molar-refractivity contribution in [1.82, 2.24) is 0 Å². The maximum atomic E-state index is 9.72. The van der Waals surface area contributed by atoms with Gasteiger partial charge in [-0.25, -0.2) is 4.79 Å². The molecule has 6 nitrogen and oxygen atoms in total. The summed E-state index contributed by atoms with van der Waals surface area (Å²) in [7, 11) is 1.00. The van der Waals surface area contributed by atoms with Crippen LogP contribution in [-0.4, -0.2) is 45.6 Å². The topological polar surface area (TPSA) is 115 Å². The van der Waals surface area contributed by atoms with Crippen molar-refractivity contribution in [3.05, 3.63) is 0 Å². The van der Waals surface area contributed by atoms with Crippen molar-refractivity contribution < 1.29 is 30.0 Å². The molecule has 0 aromatic heterocycles. The Morgan fingerprint density at radius 1 is 1.27 bits per heavy atom. The minimum Gasteiger partial charge on any atom is -0.481 e. The van der Waals surface area contributed by atoms with Gasteiger partial charge in [-0.05, 0) is 0 Å². The van der Waals surface area contributed by atoms with Crippen LogP contribution < -0.4 is 0 Å². The zero-order valence-corrected chi connectivity index (χ0v) is 5.89. The van der Waals surface area contributed by atoms with Crippen LogP contribution in [0, 0.1) is 0 Å². The summed E-state index contributed by atoms with van der Waals surface area (Å²) >= 11 is 0. The first-order chi connectivity index (χ1) is 5.04. The molecular formula is C5H10O6. The van der Waals surface area contributed by atoms with E-state index in [0.717, 1.165) is 7.11 Å². The lowest BCUT2D eigenvalue weighted by Crippen LogP contribution is -2.22. The smallest absolute Gasteiger partial charge is 0.333 e. The van der Waals surface area contributed by atoms with Crippen LogP contribution in [0.5, 0.6) is 0 Å². The normalized spacial score (nSPS) is 10.8. The van der Waals surface area contributed by atoms with Gasteiger partial charge in [-0.15, -0.1) is 0 Å². The quantitative estimate of drug-likeness (QED) is 0.406. The second kappa shape index (κ2) is 6.97. The van der Waals surface area contributed by atoms with Gasteiger partial charge in [-0.2, -0.15) is 0 Å². The molecule has 0 aliphatic rings. The van der Waals surface area contributed by atoms with Gasteiger partial charge in [-0.1, -0.05) is 0 Å². The van der Waals surface area contributed by atoms with Gasteiger partial charge < -0.3 is 20.4 Å². The number of aliphatic hydroxyl groups excluding tert-OH is 2. The molecule has 0 amide bonds. The minimum atomic E-state index is -1.79. The van der Waals surface area contributed by atoms with Gasteiger partial charge in [-0.3, -0.25) is 4.79 Å². The van der Waals surface area contributed by atoms with Gasteiger partial charge in [0, 0.05) is 7.11 Å². The molecule has 0 saturated carbocycles. The Morgan fingerprint density at radius 2 is 1.64 bits per heavy atom. The second-order valence-corrected chi connectivity index (χ2v) is 1.45. The molecule has 0 bridgehead atoms. The molecule has 0 spiro atoms. The summed E-state index contributed by atoms with van der Waals surface area (Å²) in [6, 6.07) is 0. The van der Waals surface area contributed by atoms with E-state index in [2.05, 4.69) is 0 Å². The highest BCUT2D eigenvalue weighted by Gasteiger charge is 2.16. The average Bonchev–Trinajstić information content (AvgIpc) is 1.90. The first-order valence-electron chi connectivity index (χ1n) is 2.61. The van der Waals surface area contributed by atoms with Crippen LogP contribution in [0.25, 0.3) is 0 Å². The second-order valence-electron chi connectivity index (χ2n) is 1.45. The molecule has 11 heavy (non-hydrogen) atoms. The highest BCUT2D eigenvalue weighted by Crippen LogP contribution is 1.89. The molecule has 0 aromatic carbocycles. The Bertz CT molecular complexity index is 131. The molecule has 0 aliphatic carbocycles. The summed E-state index contributed by atoms with van der Waals surface area (Å²) in [5.41, 5.74) is 0. The molecule has 4 N–H and O–H groups in total. The van der Waals surface area contributed by atoms with Crippen molar-refractivity contribution in [3.8, 4) is 0 Å². The molecule has 0 aromatic rings. The summed E-state index contributed by atoms with van der Waals surface area (Å²) in [5, 5.41) is 31.1. The monoisotopic (exact) mass is 166 g/mol. The predicted octanol–water partition coefficient (Wildman–Crippen LogP) is -1.48. The molecule has 0 aliphatic heterocycles. The van der Waals surface area contributed by atoms with E-state index in [1.807, 2.05) is 0 Å². The third kappa shape index (κ3) is 8.86. The Kier molecular flexibility index (Phi) is 7.94. The number of rotatable bonds is 3. The summed E-state index contributed by atoms with van der Waals surface area (Å²) in [6.07, 6.45) is -2.54. The average molecular weight is 166 g/mol. The van der Waals surface area contributed by atoms with Crippen LogP contribution in [0.3, 0.4) is 0 Å². The number of carboxylic acids is 2. The fourth-order valence-corrected chi connectivity index (χ4v) is 0.253. The number of aliphatic carboxylic acids is 2. The number of hydrogen-bond donors (Lipinski definition) is 4. The van der Waals surface area contributed by atoms with Crippen molar-refractivity contribution >= 4 is 11.9 Å². The molecule has 0 saturated heterocycles. The zero-order valence-electron chi connectivity index (χ0n) is 5.89. The van der Waals surface area contributed by atoms with Crippen LogP contribution in [0.15, 0.2) is 0 Å². The Labute approximate surface area is 62.7 Å². The van der Waals surface area contributed by atoms with E-state index >= 15 is 0 Å². The molecule has 0 unspecified atom stereocenters. The lowest BCUT2D eigenvalue weighted by Gasteiger charge is -1.97. The summed E-state index contributed by atoms with van der Waals surface area (Å²) in [5.74, 6) is -2.85. The Morgan fingerprint density at radius 3 is 1.73 bits per heavy atom. The van der Waals surface area contributed by atoms with Crippen LogP contribution >= 0.6 is 0 Å². The molecule has 0 fully saturated rings. The van der Waals surface area contributed by atoms with E-state index in [4.69, 9.17) is 20.4 Å². The lowest BCUT2D eigenvalue weighted by atomic mass is 10.3. The fraction of sp³-hybridized carbons (Fsp3) is 0.600.